The van der Waals surface area contributed by atoms with E-state index in [-0.39, 0.29) is 29.8 Å². The Morgan fingerprint density at radius 1 is 1.12 bits per heavy atom. The summed E-state index contributed by atoms with van der Waals surface area (Å²) in [6, 6.07) is 11.0. The smallest absolute Gasteiger partial charge is 0.267 e. The van der Waals surface area contributed by atoms with Crippen molar-refractivity contribution in [2.24, 2.45) is 0 Å². The van der Waals surface area contributed by atoms with Crippen LogP contribution in [0.25, 0.3) is 11.3 Å². The average molecular weight is 685 g/mol. The summed E-state index contributed by atoms with van der Waals surface area (Å²) >= 11 is 7.47. The summed E-state index contributed by atoms with van der Waals surface area (Å²) in [6.45, 7) is 7.03. The lowest BCUT2D eigenvalue weighted by atomic mass is 10.1. The van der Waals surface area contributed by atoms with Crippen molar-refractivity contribution in [2.75, 3.05) is 47.2 Å². The Balaban J connectivity index is 1.16. The molecular weight excluding hydrogens is 652 g/mol. The molecule has 1 atom stereocenters. The van der Waals surface area contributed by atoms with Gasteiger partial charge in [-0.25, -0.2) is 15.0 Å². The van der Waals surface area contributed by atoms with Gasteiger partial charge in [-0.2, -0.15) is 0 Å². The van der Waals surface area contributed by atoms with Crippen LogP contribution in [0.1, 0.15) is 34.5 Å². The summed E-state index contributed by atoms with van der Waals surface area (Å²) in [7, 11) is 1.55. The maximum Gasteiger partial charge on any atom is 0.267 e. The second kappa shape index (κ2) is 12.9. The number of nitrogens with one attached hydrogen (secondary N) is 2. The molecule has 4 aromatic rings. The molecular formula is C34H33ClN8O4S. The predicted octanol–water partition coefficient (Wildman–Crippen LogP) is 5.67. The number of piperazine rings is 1. The molecule has 48 heavy (non-hydrogen) atoms. The fourth-order valence-corrected chi connectivity index (χ4v) is 7.13. The van der Waals surface area contributed by atoms with Gasteiger partial charge in [0.1, 0.15) is 4.88 Å². The number of anilines is 5. The number of ether oxygens (including phenoxy) is 1. The van der Waals surface area contributed by atoms with E-state index in [0.29, 0.717) is 64.0 Å². The number of carbonyl (C=O) groups is 3. The molecule has 1 aromatic carbocycles. The third-order valence-electron chi connectivity index (χ3n) is 8.73. The van der Waals surface area contributed by atoms with E-state index in [9.17, 15) is 14.4 Å². The van der Waals surface area contributed by atoms with Crippen molar-refractivity contribution in [3.63, 3.8) is 0 Å². The molecule has 1 aliphatic carbocycles. The molecule has 0 radical (unpaired) electrons. The molecule has 1 saturated heterocycles. The van der Waals surface area contributed by atoms with Gasteiger partial charge in [-0.1, -0.05) is 41.6 Å². The zero-order chi connectivity index (χ0) is 33.5. The van der Waals surface area contributed by atoms with Crippen LogP contribution in [0.2, 0.25) is 5.02 Å². The number of aromatic nitrogens is 3. The van der Waals surface area contributed by atoms with Crippen molar-refractivity contribution in [3.8, 4) is 17.0 Å². The molecule has 2 N–H and O–H groups in total. The maximum atomic E-state index is 13.7. The lowest BCUT2D eigenvalue weighted by Gasteiger charge is -2.40. The van der Waals surface area contributed by atoms with Crippen LogP contribution in [0.4, 0.5) is 28.1 Å². The van der Waals surface area contributed by atoms with Crippen LogP contribution >= 0.6 is 22.9 Å². The van der Waals surface area contributed by atoms with Crippen LogP contribution in [-0.4, -0.2) is 76.4 Å². The number of hydrogen-bond acceptors (Lipinski definition) is 10. The number of hydrogen-bond donors (Lipinski definition) is 2. The van der Waals surface area contributed by atoms with Gasteiger partial charge in [0.05, 0.1) is 41.4 Å². The molecule has 2 aliphatic heterocycles. The van der Waals surface area contributed by atoms with Crippen molar-refractivity contribution in [1.29, 1.82) is 0 Å². The van der Waals surface area contributed by atoms with E-state index in [1.54, 1.807) is 30.3 Å². The minimum absolute atomic E-state index is 0.0245. The molecule has 14 heteroatoms. The number of thiazole rings is 1. The van der Waals surface area contributed by atoms with E-state index < -0.39 is 0 Å². The molecule has 246 valence electrons. The molecule has 7 rings (SSSR count). The first kappa shape index (κ1) is 31.6. The molecule has 5 heterocycles. The van der Waals surface area contributed by atoms with Gasteiger partial charge in [0, 0.05) is 43.9 Å². The van der Waals surface area contributed by atoms with Crippen LogP contribution in [0.3, 0.4) is 0 Å². The Kier molecular flexibility index (Phi) is 8.48. The van der Waals surface area contributed by atoms with Crippen molar-refractivity contribution in [2.45, 2.75) is 38.3 Å². The lowest BCUT2D eigenvalue weighted by molar-refractivity contribution is -0.127. The van der Waals surface area contributed by atoms with E-state index >= 15 is 0 Å². The molecule has 1 saturated carbocycles. The molecule has 0 bridgehead atoms. The maximum absolute atomic E-state index is 13.7. The first-order valence-corrected chi connectivity index (χ1v) is 16.8. The monoisotopic (exact) mass is 684 g/mol. The highest BCUT2D eigenvalue weighted by Crippen LogP contribution is 2.43. The quantitative estimate of drug-likeness (QED) is 0.225. The normalized spacial score (nSPS) is 17.3. The zero-order valence-corrected chi connectivity index (χ0v) is 28.0. The number of benzene rings is 1. The topological polar surface area (TPSA) is 133 Å². The van der Waals surface area contributed by atoms with Crippen LogP contribution in [0.5, 0.6) is 5.75 Å². The highest BCUT2D eigenvalue weighted by molar-refractivity contribution is 7.17. The number of methoxy groups -OCH3 is 1. The molecule has 3 aliphatic rings. The number of halogens is 1. The van der Waals surface area contributed by atoms with Gasteiger partial charge in [-0.15, -0.1) is 0 Å². The number of aryl methyl sites for hydroxylation is 1. The summed E-state index contributed by atoms with van der Waals surface area (Å²) in [4.78, 5) is 59.4. The summed E-state index contributed by atoms with van der Waals surface area (Å²) in [6.07, 6.45) is 6.74. The van der Waals surface area contributed by atoms with Crippen LogP contribution in [-0.2, 0) is 9.59 Å². The summed E-state index contributed by atoms with van der Waals surface area (Å²) < 4.78 is 5.59. The van der Waals surface area contributed by atoms with Gasteiger partial charge in [0.2, 0.25) is 11.8 Å². The highest BCUT2D eigenvalue weighted by Gasteiger charge is 2.43. The fourth-order valence-electron chi connectivity index (χ4n) is 6.15. The Morgan fingerprint density at radius 3 is 2.71 bits per heavy atom. The fraction of sp³-hybridized carbons (Fsp3) is 0.294. The number of rotatable bonds is 8. The van der Waals surface area contributed by atoms with Crippen LogP contribution in [0.15, 0.2) is 61.4 Å². The van der Waals surface area contributed by atoms with Gasteiger partial charge in [-0.3, -0.25) is 14.4 Å². The molecule has 0 spiro atoms. The van der Waals surface area contributed by atoms with Crippen molar-refractivity contribution < 1.29 is 19.1 Å². The number of para-hydroxylation sites is 1. The second-order valence-corrected chi connectivity index (χ2v) is 13.3. The third-order valence-corrected chi connectivity index (χ3v) is 9.95. The Hall–Kier alpha value is -5.01. The van der Waals surface area contributed by atoms with Gasteiger partial charge in [0.25, 0.3) is 5.91 Å². The Bertz CT molecular complexity index is 1930. The van der Waals surface area contributed by atoms with E-state index in [0.717, 1.165) is 35.5 Å². The van der Waals surface area contributed by atoms with E-state index in [1.165, 1.54) is 23.6 Å². The number of fused-ring (bicyclic) bond motifs is 3. The lowest BCUT2D eigenvalue weighted by Crippen LogP contribution is -2.55. The molecule has 3 aromatic heterocycles. The van der Waals surface area contributed by atoms with Crippen molar-refractivity contribution >= 4 is 68.8 Å². The SMILES string of the molecule is C=CC(=O)N1CCN2c3ncc(-c4ccc(OC)c(Nc5ncc(C(=O)Nc6c(C)cccc6Cl)s5)n4)cc3N(C3CC3)C(=O)CC2C1. The number of nitrogens with zero attached hydrogens (tertiary/aromatic N) is 6. The largest absolute Gasteiger partial charge is 0.493 e. The zero-order valence-electron chi connectivity index (χ0n) is 26.4. The molecule has 1 unspecified atom stereocenters. The number of amides is 3. The minimum atomic E-state index is -0.327. The second-order valence-electron chi connectivity index (χ2n) is 11.9. The van der Waals surface area contributed by atoms with Gasteiger partial charge in [0.15, 0.2) is 22.5 Å². The van der Waals surface area contributed by atoms with Gasteiger partial charge in [-0.05, 0) is 55.7 Å². The Labute approximate surface area is 286 Å². The molecule has 3 amide bonds. The summed E-state index contributed by atoms with van der Waals surface area (Å²) in [5, 5.41) is 6.98. The van der Waals surface area contributed by atoms with Crippen molar-refractivity contribution in [1.82, 2.24) is 19.9 Å². The van der Waals surface area contributed by atoms with E-state index in [2.05, 4.69) is 27.1 Å². The summed E-state index contributed by atoms with van der Waals surface area (Å²) in [5.74, 6) is 1.20. The van der Waals surface area contributed by atoms with E-state index in [4.69, 9.17) is 26.3 Å². The van der Waals surface area contributed by atoms with Crippen LogP contribution < -0.4 is 25.2 Å². The first-order chi connectivity index (χ1) is 23.2. The Morgan fingerprint density at radius 2 is 1.96 bits per heavy atom. The van der Waals surface area contributed by atoms with Crippen LogP contribution in [0, 0.1) is 6.92 Å². The number of pyridine rings is 2. The highest BCUT2D eigenvalue weighted by atomic mass is 35.5. The first-order valence-electron chi connectivity index (χ1n) is 15.6. The predicted molar refractivity (Wildman–Crippen MR) is 187 cm³/mol. The molecule has 2 fully saturated rings. The van der Waals surface area contributed by atoms with Gasteiger partial charge >= 0.3 is 0 Å². The molecule has 12 nitrogen and oxygen atoms in total. The third kappa shape index (κ3) is 6.06. The standard InChI is InChI=1S/C34H33ClN8O4S/c1-4-28(44)41-12-13-42-22(18-41)15-29(45)43(21-8-9-21)25-14-20(16-36-32(25)42)24-10-11-26(47-3)31(38-24)40-34-37-17-27(48-34)33(46)39-30-19(2)6-5-7-23(30)35/h4-7,10-11,14,16-17,21-22H,1,8-9,12-13,15,18H2,2-3H3,(H,39,46)(H,37,38,40). The van der Waals surface area contributed by atoms with E-state index in [1.807, 2.05) is 36.1 Å². The van der Waals surface area contributed by atoms with Crippen molar-refractivity contribution in [3.05, 3.63) is 76.9 Å². The average Bonchev–Trinajstić information content (AvgIpc) is 3.83. The summed E-state index contributed by atoms with van der Waals surface area (Å²) in [5.41, 5.74) is 3.50. The van der Waals surface area contributed by atoms with Gasteiger partial charge < -0.3 is 30.1 Å². The number of carbonyl (C=O) groups excluding carboxylic acids is 3. The minimum Gasteiger partial charge on any atom is -0.493 e.